The van der Waals surface area contributed by atoms with E-state index in [1.54, 1.807) is 6.82 Å². The van der Waals surface area contributed by atoms with E-state index in [1.807, 2.05) is 14.1 Å². The van der Waals surface area contributed by atoms with Gasteiger partial charge in [0.25, 0.3) is 6.92 Å². The Morgan fingerprint density at radius 2 is 2.11 bits per heavy atom. The summed E-state index contributed by atoms with van der Waals surface area (Å²) in [7, 11) is 4.05. The van der Waals surface area contributed by atoms with Crippen molar-refractivity contribution in [2.75, 3.05) is 14.1 Å². The molecule has 0 bridgehead atoms. The molecule has 4 nitrogen and oxygen atoms in total. The monoisotopic (exact) mass is 255 g/mol. The van der Waals surface area contributed by atoms with Crippen molar-refractivity contribution in [1.29, 1.82) is 0 Å². The first kappa shape index (κ1) is 15.5. The molecule has 0 aromatic rings. The van der Waals surface area contributed by atoms with Gasteiger partial charge in [0.2, 0.25) is 0 Å². The fourth-order valence-electron chi connectivity index (χ4n) is 2.97. The average Bonchev–Trinajstić information content (AvgIpc) is 2.70. The van der Waals surface area contributed by atoms with Crippen molar-refractivity contribution < 1.29 is 14.9 Å². The number of carboxylic acids is 1. The lowest BCUT2D eigenvalue weighted by molar-refractivity contribution is -0.149. The van der Waals surface area contributed by atoms with E-state index in [4.69, 9.17) is 0 Å². The highest BCUT2D eigenvalue weighted by atomic mass is 16.4. The summed E-state index contributed by atoms with van der Waals surface area (Å²) in [5, 5.41) is 18.7. The molecule has 0 heterocycles. The van der Waals surface area contributed by atoms with Crippen molar-refractivity contribution in [3.05, 3.63) is 0 Å². The lowest BCUT2D eigenvalue weighted by Crippen LogP contribution is -2.32. The third kappa shape index (κ3) is 3.99. The minimum atomic E-state index is -0.635. The molecule has 18 heavy (non-hydrogen) atoms. The highest BCUT2D eigenvalue weighted by molar-refractivity contribution is 6.48. The molecule has 1 aliphatic carbocycles. The van der Waals surface area contributed by atoms with Crippen LogP contribution < -0.4 is 0 Å². The molecule has 2 atom stereocenters. The Morgan fingerprint density at radius 3 is 2.56 bits per heavy atom. The van der Waals surface area contributed by atoms with Gasteiger partial charge >= 0.3 is 5.97 Å². The number of aliphatic carboxylic acids is 1. The number of rotatable bonds is 7. The Labute approximate surface area is 110 Å². The minimum absolute atomic E-state index is 0.274. The van der Waals surface area contributed by atoms with Crippen LogP contribution in [0, 0.1) is 5.41 Å². The summed E-state index contributed by atoms with van der Waals surface area (Å²) >= 11 is 0. The zero-order valence-electron chi connectivity index (χ0n) is 11.9. The first-order valence-corrected chi connectivity index (χ1v) is 6.95. The van der Waals surface area contributed by atoms with Crippen LogP contribution in [0.2, 0.25) is 13.1 Å². The quantitative estimate of drug-likeness (QED) is 0.539. The summed E-state index contributed by atoms with van der Waals surface area (Å²) in [5.41, 5.74) is -0.520. The van der Waals surface area contributed by atoms with E-state index < -0.39 is 11.4 Å². The molecular weight excluding hydrogens is 229 g/mol. The van der Waals surface area contributed by atoms with E-state index in [-0.39, 0.29) is 6.92 Å². The molecule has 0 aliphatic heterocycles. The Hall–Kier alpha value is -0.545. The molecule has 0 amide bonds. The lowest BCUT2D eigenvalue weighted by Gasteiger charge is -2.26. The summed E-state index contributed by atoms with van der Waals surface area (Å²) in [6, 6.07) is 0.401. The number of unbranched alkanes of at least 4 members (excludes halogenated alkanes) is 1. The van der Waals surface area contributed by atoms with Crippen molar-refractivity contribution in [1.82, 2.24) is 4.90 Å². The van der Waals surface area contributed by atoms with E-state index in [1.165, 1.54) is 0 Å². The van der Waals surface area contributed by atoms with Gasteiger partial charge in [0.15, 0.2) is 0 Å². The standard InChI is InChI=1S/C13H26BNO3/c1-14(18)9-5-4-7-13(12(16)17)8-6-11(10-13)15(2)3/h11,18H,4-10H2,1-3H3,(H,16,17)/t11-,13-/m0/s1. The second-order valence-electron chi connectivity index (χ2n) is 6.04. The molecule has 0 radical (unpaired) electrons. The molecular formula is C13H26BNO3. The van der Waals surface area contributed by atoms with E-state index in [9.17, 15) is 14.9 Å². The lowest BCUT2D eigenvalue weighted by atomic mass is 9.66. The fraction of sp³-hybridized carbons (Fsp3) is 0.923. The van der Waals surface area contributed by atoms with Gasteiger partial charge in [-0.15, -0.1) is 0 Å². The summed E-state index contributed by atoms with van der Waals surface area (Å²) in [4.78, 5) is 13.7. The Balaban J connectivity index is 2.48. The van der Waals surface area contributed by atoms with Gasteiger partial charge in [-0.05, 0) is 46.1 Å². The highest BCUT2D eigenvalue weighted by Gasteiger charge is 2.45. The first-order chi connectivity index (χ1) is 8.37. The van der Waals surface area contributed by atoms with Gasteiger partial charge in [0, 0.05) is 6.04 Å². The van der Waals surface area contributed by atoms with Crippen LogP contribution in [0.1, 0.15) is 38.5 Å². The van der Waals surface area contributed by atoms with Crippen LogP contribution in [0.25, 0.3) is 0 Å². The van der Waals surface area contributed by atoms with Gasteiger partial charge in [-0.25, -0.2) is 0 Å². The first-order valence-electron chi connectivity index (χ1n) is 6.95. The summed E-state index contributed by atoms with van der Waals surface area (Å²) in [6.45, 7) is 1.51. The molecule has 2 N–H and O–H groups in total. The van der Waals surface area contributed by atoms with E-state index in [0.29, 0.717) is 6.04 Å². The molecule has 104 valence electrons. The van der Waals surface area contributed by atoms with Gasteiger partial charge in [0.05, 0.1) is 5.41 Å². The molecule has 0 aromatic heterocycles. The van der Waals surface area contributed by atoms with E-state index >= 15 is 0 Å². The second kappa shape index (κ2) is 6.57. The topological polar surface area (TPSA) is 60.8 Å². The van der Waals surface area contributed by atoms with Crippen LogP contribution in [0.15, 0.2) is 0 Å². The molecule has 0 spiro atoms. The third-order valence-corrected chi connectivity index (χ3v) is 4.29. The van der Waals surface area contributed by atoms with Crippen molar-refractivity contribution in [3.63, 3.8) is 0 Å². The van der Waals surface area contributed by atoms with E-state index in [2.05, 4.69) is 4.90 Å². The smallest absolute Gasteiger partial charge is 0.309 e. The van der Waals surface area contributed by atoms with Crippen LogP contribution in [0.5, 0.6) is 0 Å². The maximum absolute atomic E-state index is 11.6. The van der Waals surface area contributed by atoms with Crippen LogP contribution in [0.4, 0.5) is 0 Å². The molecule has 0 unspecified atom stereocenters. The zero-order valence-corrected chi connectivity index (χ0v) is 11.9. The number of hydrogen-bond acceptors (Lipinski definition) is 3. The molecule has 1 aliphatic rings. The molecule has 1 fully saturated rings. The molecule has 0 aromatic carbocycles. The number of carboxylic acid groups (broad SMARTS) is 1. The molecule has 1 saturated carbocycles. The summed E-state index contributed by atoms with van der Waals surface area (Å²) in [6.07, 6.45) is 5.88. The summed E-state index contributed by atoms with van der Waals surface area (Å²) < 4.78 is 0. The Kier molecular flexibility index (Phi) is 5.66. The van der Waals surface area contributed by atoms with Crippen LogP contribution in [0.3, 0.4) is 0 Å². The van der Waals surface area contributed by atoms with Crippen molar-refractivity contribution in [2.24, 2.45) is 5.41 Å². The molecule has 0 saturated heterocycles. The SMILES string of the molecule is CB(O)CCCC[C@]1(C(=O)O)CC[C@H](N(C)C)C1. The third-order valence-electron chi connectivity index (χ3n) is 4.29. The minimum Gasteiger partial charge on any atom is -0.481 e. The maximum Gasteiger partial charge on any atom is 0.309 e. The predicted molar refractivity (Wildman–Crippen MR) is 73.9 cm³/mol. The predicted octanol–water partition coefficient (Wildman–Crippen LogP) is 1.96. The normalized spacial score (nSPS) is 27.7. The average molecular weight is 255 g/mol. The Morgan fingerprint density at radius 1 is 1.44 bits per heavy atom. The molecule has 5 heteroatoms. The van der Waals surface area contributed by atoms with Crippen molar-refractivity contribution >= 4 is 12.9 Å². The maximum atomic E-state index is 11.6. The van der Waals surface area contributed by atoms with Crippen LogP contribution >= 0.6 is 0 Å². The van der Waals surface area contributed by atoms with Gasteiger partial charge in [-0.1, -0.05) is 19.7 Å². The van der Waals surface area contributed by atoms with Crippen LogP contribution in [-0.4, -0.2) is 48.1 Å². The highest BCUT2D eigenvalue weighted by Crippen LogP contribution is 2.44. The largest absolute Gasteiger partial charge is 0.481 e. The van der Waals surface area contributed by atoms with Gasteiger partial charge in [0.1, 0.15) is 0 Å². The van der Waals surface area contributed by atoms with Crippen molar-refractivity contribution in [2.45, 2.75) is 57.7 Å². The summed E-state index contributed by atoms with van der Waals surface area (Å²) in [5.74, 6) is -0.635. The number of nitrogens with zero attached hydrogens (tertiary/aromatic N) is 1. The van der Waals surface area contributed by atoms with Gasteiger partial charge < -0.3 is 15.0 Å². The second-order valence-corrected chi connectivity index (χ2v) is 6.04. The van der Waals surface area contributed by atoms with Crippen LogP contribution in [-0.2, 0) is 4.79 Å². The van der Waals surface area contributed by atoms with Gasteiger partial charge in [-0.2, -0.15) is 0 Å². The Bertz CT molecular complexity index is 283. The van der Waals surface area contributed by atoms with Crippen molar-refractivity contribution in [3.8, 4) is 0 Å². The number of carbonyl (C=O) groups is 1. The van der Waals surface area contributed by atoms with Gasteiger partial charge in [-0.3, -0.25) is 4.79 Å². The zero-order chi connectivity index (χ0) is 13.8. The molecule has 1 rings (SSSR count). The fourth-order valence-corrected chi connectivity index (χ4v) is 2.97. The number of hydrogen-bond donors (Lipinski definition) is 2. The van der Waals surface area contributed by atoms with E-state index in [0.717, 1.165) is 44.8 Å².